The Labute approximate surface area is 123 Å². The van der Waals surface area contributed by atoms with Gasteiger partial charge in [0.15, 0.2) is 4.67 Å². The Morgan fingerprint density at radius 2 is 2.11 bits per heavy atom. The second kappa shape index (κ2) is 6.04. The van der Waals surface area contributed by atoms with Crippen molar-refractivity contribution in [1.82, 2.24) is 9.62 Å². The van der Waals surface area contributed by atoms with E-state index in [1.807, 2.05) is 0 Å². The van der Waals surface area contributed by atoms with Gasteiger partial charge in [-0.3, -0.25) is 4.21 Å². The quantitative estimate of drug-likeness (QED) is 0.835. The Morgan fingerprint density at radius 1 is 1.47 bits per heavy atom. The first-order valence-electron chi connectivity index (χ1n) is 5.73. The molecule has 0 bridgehead atoms. The van der Waals surface area contributed by atoms with Crippen LogP contribution in [-0.2, 0) is 27.4 Å². The maximum absolute atomic E-state index is 12.4. The fraction of sp³-hybridized carbons (Fsp3) is 0.600. The van der Waals surface area contributed by atoms with E-state index in [1.54, 1.807) is 7.05 Å². The predicted octanol–water partition coefficient (Wildman–Crippen LogP) is 0.515. The summed E-state index contributed by atoms with van der Waals surface area (Å²) >= 11 is 3.14. The maximum atomic E-state index is 12.4. The number of rotatable bonds is 4. The van der Waals surface area contributed by atoms with Crippen molar-refractivity contribution < 1.29 is 17.0 Å². The van der Waals surface area contributed by atoms with Gasteiger partial charge in [-0.2, -0.15) is 4.31 Å². The van der Waals surface area contributed by atoms with Crippen LogP contribution in [0, 0.1) is 0 Å². The molecule has 108 valence electrons. The molecule has 1 N–H and O–H groups in total. The summed E-state index contributed by atoms with van der Waals surface area (Å²) < 4.78 is 43.1. The second-order valence-corrected chi connectivity index (χ2v) is 8.46. The van der Waals surface area contributed by atoms with Gasteiger partial charge in [0.05, 0.1) is 6.54 Å². The molecule has 0 aliphatic carbocycles. The highest BCUT2D eigenvalue weighted by Crippen LogP contribution is 2.29. The summed E-state index contributed by atoms with van der Waals surface area (Å²) in [5, 5.41) is 2.90. The van der Waals surface area contributed by atoms with Gasteiger partial charge in [0.25, 0.3) is 0 Å². The summed E-state index contributed by atoms with van der Waals surface area (Å²) in [6.45, 7) is 1.03. The zero-order valence-electron chi connectivity index (χ0n) is 10.4. The second-order valence-electron chi connectivity index (χ2n) is 4.13. The number of nitrogens with one attached hydrogen (secondary N) is 1. The van der Waals surface area contributed by atoms with E-state index in [9.17, 15) is 12.6 Å². The zero-order valence-corrected chi connectivity index (χ0v) is 13.6. The van der Waals surface area contributed by atoms with Crippen LogP contribution in [0.25, 0.3) is 0 Å². The van der Waals surface area contributed by atoms with Crippen LogP contribution in [0.4, 0.5) is 0 Å². The molecule has 1 aliphatic heterocycles. The lowest BCUT2D eigenvalue weighted by molar-refractivity contribution is 0.434. The van der Waals surface area contributed by atoms with Crippen molar-refractivity contribution >= 4 is 36.8 Å². The van der Waals surface area contributed by atoms with E-state index in [0.717, 1.165) is 0 Å². The lowest BCUT2D eigenvalue weighted by Crippen LogP contribution is -2.41. The molecule has 0 spiro atoms. The Morgan fingerprint density at radius 3 is 2.68 bits per heavy atom. The molecular formula is C10H15BrN2O4S2. The molecule has 2 rings (SSSR count). The monoisotopic (exact) mass is 370 g/mol. The molecule has 2 heterocycles. The SMILES string of the molecule is CNCc1cc(S(=O)(=O)N2CCS(=O)CC2)c(Br)o1. The van der Waals surface area contributed by atoms with E-state index in [-0.39, 0.29) is 22.7 Å². The third-order valence-corrected chi connectivity index (χ3v) is 6.84. The lowest BCUT2D eigenvalue weighted by atomic mass is 10.4. The molecule has 1 aromatic rings. The fourth-order valence-electron chi connectivity index (χ4n) is 1.84. The van der Waals surface area contributed by atoms with Crippen molar-refractivity contribution in [3.8, 4) is 0 Å². The van der Waals surface area contributed by atoms with E-state index in [0.29, 0.717) is 23.8 Å². The minimum Gasteiger partial charge on any atom is -0.452 e. The van der Waals surface area contributed by atoms with Gasteiger partial charge in [-0.05, 0) is 23.0 Å². The predicted molar refractivity (Wildman–Crippen MR) is 75.8 cm³/mol. The van der Waals surface area contributed by atoms with E-state index >= 15 is 0 Å². The Bertz CT molecular complexity index is 574. The largest absolute Gasteiger partial charge is 0.452 e. The topological polar surface area (TPSA) is 79.6 Å². The minimum absolute atomic E-state index is 0.130. The summed E-state index contributed by atoms with van der Waals surface area (Å²) in [6, 6.07) is 1.52. The van der Waals surface area contributed by atoms with Gasteiger partial charge in [0.1, 0.15) is 10.7 Å². The smallest absolute Gasteiger partial charge is 0.247 e. The molecule has 1 fully saturated rings. The van der Waals surface area contributed by atoms with E-state index in [2.05, 4.69) is 21.2 Å². The number of hydrogen-bond acceptors (Lipinski definition) is 5. The molecule has 0 atom stereocenters. The number of sulfonamides is 1. The van der Waals surface area contributed by atoms with Gasteiger partial charge in [-0.25, -0.2) is 8.42 Å². The maximum Gasteiger partial charge on any atom is 0.247 e. The number of hydrogen-bond donors (Lipinski definition) is 1. The first-order valence-corrected chi connectivity index (χ1v) is 9.45. The molecule has 0 aromatic carbocycles. The van der Waals surface area contributed by atoms with Crippen molar-refractivity contribution in [1.29, 1.82) is 0 Å². The van der Waals surface area contributed by atoms with Crippen LogP contribution in [0.5, 0.6) is 0 Å². The summed E-state index contributed by atoms with van der Waals surface area (Å²) in [6.07, 6.45) is 0. The van der Waals surface area contributed by atoms with Crippen molar-refractivity contribution in [2.75, 3.05) is 31.6 Å². The van der Waals surface area contributed by atoms with Gasteiger partial charge in [-0.1, -0.05) is 0 Å². The van der Waals surface area contributed by atoms with Crippen molar-refractivity contribution in [2.45, 2.75) is 11.4 Å². The Kier molecular flexibility index (Phi) is 4.83. The lowest BCUT2D eigenvalue weighted by Gasteiger charge is -2.24. The molecule has 1 aromatic heterocycles. The van der Waals surface area contributed by atoms with E-state index in [1.165, 1.54) is 10.4 Å². The standard InChI is InChI=1S/C10H15BrN2O4S2/c1-12-7-8-6-9(10(11)17-8)19(15,16)13-2-4-18(14)5-3-13/h6,12H,2-5,7H2,1H3. The molecule has 0 amide bonds. The average Bonchev–Trinajstić information content (AvgIpc) is 2.72. The van der Waals surface area contributed by atoms with Crippen molar-refractivity contribution in [2.24, 2.45) is 0 Å². The molecule has 1 saturated heterocycles. The van der Waals surface area contributed by atoms with Gasteiger partial charge in [0.2, 0.25) is 10.0 Å². The highest BCUT2D eigenvalue weighted by molar-refractivity contribution is 9.10. The van der Waals surface area contributed by atoms with Gasteiger partial charge >= 0.3 is 0 Å². The molecule has 1 aliphatic rings. The van der Waals surface area contributed by atoms with E-state index < -0.39 is 20.8 Å². The van der Waals surface area contributed by atoms with Crippen LogP contribution in [0.2, 0.25) is 0 Å². The third kappa shape index (κ3) is 3.27. The molecular weight excluding hydrogens is 356 g/mol. The highest BCUT2D eigenvalue weighted by Gasteiger charge is 2.31. The average molecular weight is 371 g/mol. The van der Waals surface area contributed by atoms with Crippen LogP contribution < -0.4 is 5.32 Å². The van der Waals surface area contributed by atoms with Gasteiger partial charge < -0.3 is 9.73 Å². The van der Waals surface area contributed by atoms with E-state index in [4.69, 9.17) is 4.42 Å². The zero-order chi connectivity index (χ0) is 14.0. The summed E-state index contributed by atoms with van der Waals surface area (Å²) in [4.78, 5) is 0.130. The number of nitrogens with zero attached hydrogens (tertiary/aromatic N) is 1. The van der Waals surface area contributed by atoms with Crippen LogP contribution in [0.3, 0.4) is 0 Å². The van der Waals surface area contributed by atoms with Crippen LogP contribution in [0.1, 0.15) is 5.76 Å². The minimum atomic E-state index is -3.58. The van der Waals surface area contributed by atoms with Crippen LogP contribution >= 0.6 is 15.9 Å². The Balaban J connectivity index is 2.26. The fourth-order valence-corrected chi connectivity index (χ4v) is 5.52. The molecule has 19 heavy (non-hydrogen) atoms. The summed E-state index contributed by atoms with van der Waals surface area (Å²) in [5.74, 6) is 1.32. The summed E-state index contributed by atoms with van der Waals surface area (Å²) in [7, 11) is -2.74. The number of halogens is 1. The van der Waals surface area contributed by atoms with Crippen LogP contribution in [-0.4, -0.2) is 48.6 Å². The normalized spacial score (nSPS) is 18.8. The third-order valence-electron chi connectivity index (χ3n) is 2.81. The molecule has 6 nitrogen and oxygen atoms in total. The van der Waals surface area contributed by atoms with Gasteiger partial charge in [0, 0.05) is 41.5 Å². The number of furan rings is 1. The molecule has 0 radical (unpaired) electrons. The molecule has 9 heteroatoms. The summed E-state index contributed by atoms with van der Waals surface area (Å²) in [5.41, 5.74) is 0. The first-order chi connectivity index (χ1) is 8.95. The van der Waals surface area contributed by atoms with Crippen LogP contribution in [0.15, 0.2) is 20.0 Å². The Hall–Kier alpha value is -0.220. The first kappa shape index (κ1) is 15.2. The van der Waals surface area contributed by atoms with Gasteiger partial charge in [-0.15, -0.1) is 0 Å². The molecule has 0 unspecified atom stereocenters. The van der Waals surface area contributed by atoms with Crippen molar-refractivity contribution in [3.05, 3.63) is 16.5 Å². The van der Waals surface area contributed by atoms with Crippen molar-refractivity contribution in [3.63, 3.8) is 0 Å². The molecule has 0 saturated carbocycles. The highest BCUT2D eigenvalue weighted by atomic mass is 79.9.